The van der Waals surface area contributed by atoms with E-state index in [9.17, 15) is 9.59 Å². The fraction of sp³-hybridized carbons (Fsp3) is 0.231. The molecule has 0 N–H and O–H groups in total. The molecule has 0 fully saturated rings. The summed E-state index contributed by atoms with van der Waals surface area (Å²) in [6, 6.07) is 6.87. The van der Waals surface area contributed by atoms with Crippen LogP contribution >= 0.6 is 12.6 Å². The summed E-state index contributed by atoms with van der Waals surface area (Å²) in [6.07, 6.45) is 3.40. The largest absolute Gasteiger partial charge is 0.494 e. The number of thiol groups is 1. The maximum Gasteiger partial charge on any atom is 0.258 e. The van der Waals surface area contributed by atoms with Gasteiger partial charge in [-0.3, -0.25) is 9.59 Å². The molecule has 1 aliphatic heterocycles. The summed E-state index contributed by atoms with van der Waals surface area (Å²) in [7, 11) is 0. The SMILES string of the molecule is O=C1C=CC(=O)N1c1ccc(OCCCS)cc1. The molecule has 4 nitrogen and oxygen atoms in total. The number of anilines is 1. The van der Waals surface area contributed by atoms with Gasteiger partial charge in [0.15, 0.2) is 0 Å². The first kappa shape index (κ1) is 12.7. The van der Waals surface area contributed by atoms with Gasteiger partial charge in [0.25, 0.3) is 11.8 Å². The van der Waals surface area contributed by atoms with Crippen molar-refractivity contribution >= 4 is 30.1 Å². The van der Waals surface area contributed by atoms with E-state index in [4.69, 9.17) is 4.74 Å². The van der Waals surface area contributed by atoms with E-state index in [1.54, 1.807) is 24.3 Å². The Kier molecular flexibility index (Phi) is 4.04. The Morgan fingerprint density at radius 3 is 2.22 bits per heavy atom. The molecule has 0 spiro atoms. The number of benzene rings is 1. The van der Waals surface area contributed by atoms with E-state index in [-0.39, 0.29) is 11.8 Å². The van der Waals surface area contributed by atoms with E-state index in [0.717, 1.165) is 17.1 Å². The number of amides is 2. The number of carbonyl (C=O) groups excluding carboxylic acids is 2. The van der Waals surface area contributed by atoms with Crippen LogP contribution in [0.25, 0.3) is 0 Å². The van der Waals surface area contributed by atoms with Gasteiger partial charge in [-0.1, -0.05) is 0 Å². The second kappa shape index (κ2) is 5.73. The molecule has 0 saturated heterocycles. The smallest absolute Gasteiger partial charge is 0.258 e. The third-order valence-electron chi connectivity index (χ3n) is 2.48. The van der Waals surface area contributed by atoms with Crippen LogP contribution in [-0.2, 0) is 9.59 Å². The van der Waals surface area contributed by atoms with Crippen LogP contribution in [0.5, 0.6) is 5.75 Å². The molecule has 1 heterocycles. The first-order valence-electron chi connectivity index (χ1n) is 5.62. The van der Waals surface area contributed by atoms with Crippen LogP contribution in [0.4, 0.5) is 5.69 Å². The molecule has 0 aliphatic carbocycles. The van der Waals surface area contributed by atoms with Gasteiger partial charge in [0.05, 0.1) is 12.3 Å². The highest BCUT2D eigenvalue weighted by Crippen LogP contribution is 2.22. The number of ether oxygens (including phenoxy) is 1. The van der Waals surface area contributed by atoms with E-state index >= 15 is 0 Å². The highest BCUT2D eigenvalue weighted by molar-refractivity contribution is 7.80. The van der Waals surface area contributed by atoms with Gasteiger partial charge >= 0.3 is 0 Å². The van der Waals surface area contributed by atoms with Gasteiger partial charge in [0.1, 0.15) is 5.75 Å². The molecule has 1 aromatic carbocycles. The number of hydrogen-bond donors (Lipinski definition) is 1. The van der Waals surface area contributed by atoms with Crippen molar-refractivity contribution in [1.29, 1.82) is 0 Å². The molecule has 2 amide bonds. The molecule has 0 atom stereocenters. The summed E-state index contributed by atoms with van der Waals surface area (Å²) in [5.74, 6) is 0.862. The van der Waals surface area contributed by atoms with Crippen LogP contribution in [0.15, 0.2) is 36.4 Å². The molecule has 94 valence electrons. The van der Waals surface area contributed by atoms with Crippen LogP contribution in [0.1, 0.15) is 6.42 Å². The van der Waals surface area contributed by atoms with Crippen molar-refractivity contribution in [3.8, 4) is 5.75 Å². The van der Waals surface area contributed by atoms with Gasteiger partial charge in [-0.2, -0.15) is 12.6 Å². The lowest BCUT2D eigenvalue weighted by Crippen LogP contribution is -2.29. The van der Waals surface area contributed by atoms with Crippen molar-refractivity contribution in [3.05, 3.63) is 36.4 Å². The summed E-state index contributed by atoms with van der Waals surface area (Å²) < 4.78 is 5.46. The molecule has 2 rings (SSSR count). The van der Waals surface area contributed by atoms with Gasteiger partial charge in [-0.15, -0.1) is 0 Å². The first-order valence-corrected chi connectivity index (χ1v) is 6.25. The van der Waals surface area contributed by atoms with Gasteiger partial charge < -0.3 is 4.74 Å². The minimum absolute atomic E-state index is 0.316. The highest BCUT2D eigenvalue weighted by atomic mass is 32.1. The van der Waals surface area contributed by atoms with Crippen molar-refractivity contribution in [2.24, 2.45) is 0 Å². The highest BCUT2D eigenvalue weighted by Gasteiger charge is 2.24. The molecule has 5 heteroatoms. The standard InChI is InChI=1S/C13H13NO3S/c15-12-6-7-13(16)14(12)10-2-4-11(5-3-10)17-8-1-9-18/h2-7,18H,1,8-9H2. The zero-order chi connectivity index (χ0) is 13.0. The van der Waals surface area contributed by atoms with Crippen molar-refractivity contribution in [1.82, 2.24) is 0 Å². The van der Waals surface area contributed by atoms with Crippen molar-refractivity contribution in [3.63, 3.8) is 0 Å². The van der Waals surface area contributed by atoms with E-state index < -0.39 is 0 Å². The van der Waals surface area contributed by atoms with Gasteiger partial charge in [0.2, 0.25) is 0 Å². The zero-order valence-corrected chi connectivity index (χ0v) is 10.6. The van der Waals surface area contributed by atoms with Crippen molar-refractivity contribution in [2.75, 3.05) is 17.3 Å². The second-order valence-electron chi connectivity index (χ2n) is 3.76. The lowest BCUT2D eigenvalue weighted by Gasteiger charge is -2.14. The minimum Gasteiger partial charge on any atom is -0.494 e. The van der Waals surface area contributed by atoms with E-state index in [0.29, 0.717) is 18.0 Å². The van der Waals surface area contributed by atoms with Gasteiger partial charge in [-0.05, 0) is 36.4 Å². The quantitative estimate of drug-likeness (QED) is 0.501. The second-order valence-corrected chi connectivity index (χ2v) is 4.21. The average Bonchev–Trinajstić information content (AvgIpc) is 2.71. The summed E-state index contributed by atoms with van der Waals surface area (Å²) in [5.41, 5.74) is 0.552. The average molecular weight is 263 g/mol. The van der Waals surface area contributed by atoms with Gasteiger partial charge in [-0.25, -0.2) is 4.90 Å². The zero-order valence-electron chi connectivity index (χ0n) is 9.70. The molecule has 18 heavy (non-hydrogen) atoms. The van der Waals surface area contributed by atoms with Crippen molar-refractivity contribution in [2.45, 2.75) is 6.42 Å². The molecule has 0 radical (unpaired) electrons. The summed E-state index contributed by atoms with van der Waals surface area (Å²) in [4.78, 5) is 24.0. The van der Waals surface area contributed by atoms with Crippen molar-refractivity contribution < 1.29 is 14.3 Å². The molecule has 0 saturated carbocycles. The van der Waals surface area contributed by atoms with Gasteiger partial charge in [0, 0.05) is 12.2 Å². The number of rotatable bonds is 5. The maximum absolute atomic E-state index is 11.5. The maximum atomic E-state index is 11.5. The number of carbonyl (C=O) groups is 2. The lowest BCUT2D eigenvalue weighted by atomic mass is 10.2. The monoisotopic (exact) mass is 263 g/mol. The number of nitrogens with zero attached hydrogens (tertiary/aromatic N) is 1. The Labute approximate surface area is 111 Å². The molecule has 1 aromatic rings. The Hall–Kier alpha value is -1.75. The molecular formula is C13H13NO3S. The summed E-state index contributed by atoms with van der Waals surface area (Å²) in [6.45, 7) is 0.603. The summed E-state index contributed by atoms with van der Waals surface area (Å²) >= 11 is 4.09. The van der Waals surface area contributed by atoms with E-state index in [2.05, 4.69) is 12.6 Å². The van der Waals surface area contributed by atoms with Crippen LogP contribution in [-0.4, -0.2) is 24.2 Å². The lowest BCUT2D eigenvalue weighted by molar-refractivity contribution is -0.119. The molecular weight excluding hydrogens is 250 g/mol. The fourth-order valence-electron chi connectivity index (χ4n) is 1.60. The van der Waals surface area contributed by atoms with Crippen LogP contribution < -0.4 is 9.64 Å². The summed E-state index contributed by atoms with van der Waals surface area (Å²) in [5, 5.41) is 0. The molecule has 1 aliphatic rings. The molecule has 0 bridgehead atoms. The topological polar surface area (TPSA) is 46.6 Å². The van der Waals surface area contributed by atoms with Crippen LogP contribution in [0, 0.1) is 0 Å². The van der Waals surface area contributed by atoms with E-state index in [1.807, 2.05) is 0 Å². The normalized spacial score (nSPS) is 14.4. The van der Waals surface area contributed by atoms with Crippen LogP contribution in [0.3, 0.4) is 0 Å². The van der Waals surface area contributed by atoms with Crippen LogP contribution in [0.2, 0.25) is 0 Å². The molecule has 0 aromatic heterocycles. The number of hydrogen-bond acceptors (Lipinski definition) is 4. The number of imide groups is 1. The Morgan fingerprint density at radius 2 is 1.67 bits per heavy atom. The fourth-order valence-corrected chi connectivity index (χ4v) is 1.73. The Bertz CT molecular complexity index is 464. The third kappa shape index (κ3) is 2.73. The first-order chi connectivity index (χ1) is 8.72. The Morgan fingerprint density at radius 1 is 1.06 bits per heavy atom. The predicted octanol–water partition coefficient (Wildman–Crippen LogP) is 1.81. The third-order valence-corrected chi connectivity index (χ3v) is 2.79. The van der Waals surface area contributed by atoms with E-state index in [1.165, 1.54) is 12.2 Å². The molecule has 0 unspecified atom stereocenters. The Balaban J connectivity index is 2.04. The minimum atomic E-state index is -0.316. The predicted molar refractivity (Wildman–Crippen MR) is 72.0 cm³/mol.